The zero-order valence-corrected chi connectivity index (χ0v) is 6.74. The van der Waals surface area contributed by atoms with Gasteiger partial charge < -0.3 is 0 Å². The second-order valence-electron chi connectivity index (χ2n) is 2.33. The SMILES string of the molecule is C#C/C(=N\C=C(C)C)C(F)(F)F. The van der Waals surface area contributed by atoms with Crippen LogP contribution < -0.4 is 0 Å². The minimum absolute atomic E-state index is 0.659. The molecule has 0 aliphatic carbocycles. The number of halogens is 3. The molecule has 12 heavy (non-hydrogen) atoms. The van der Waals surface area contributed by atoms with Crippen molar-refractivity contribution in [1.29, 1.82) is 0 Å². The number of nitrogens with zero attached hydrogens (tertiary/aromatic N) is 1. The number of terminal acetylenes is 1. The molecule has 0 saturated carbocycles. The Balaban J connectivity index is 4.72. The van der Waals surface area contributed by atoms with E-state index in [1.165, 1.54) is 5.92 Å². The zero-order chi connectivity index (χ0) is 9.78. The molecule has 0 amide bonds. The lowest BCUT2D eigenvalue weighted by molar-refractivity contribution is -0.0571. The summed E-state index contributed by atoms with van der Waals surface area (Å²) >= 11 is 0. The predicted octanol–water partition coefficient (Wildman–Crippen LogP) is 2.55. The van der Waals surface area contributed by atoms with Gasteiger partial charge in [0.25, 0.3) is 0 Å². The van der Waals surface area contributed by atoms with E-state index in [0.717, 1.165) is 6.20 Å². The lowest BCUT2D eigenvalue weighted by atomic mass is 10.3. The highest BCUT2D eigenvalue weighted by atomic mass is 19.4. The summed E-state index contributed by atoms with van der Waals surface area (Å²) in [6.45, 7) is 3.27. The molecule has 0 unspecified atom stereocenters. The molecule has 0 spiro atoms. The van der Waals surface area contributed by atoms with E-state index in [2.05, 4.69) is 11.4 Å². The van der Waals surface area contributed by atoms with Gasteiger partial charge in [-0.05, 0) is 19.8 Å². The Bertz CT molecular complexity index is 248. The molecule has 0 rings (SSSR count). The fourth-order valence-electron chi connectivity index (χ4n) is 0.386. The molecule has 0 heterocycles. The van der Waals surface area contributed by atoms with Crippen LogP contribution in [0.5, 0.6) is 0 Å². The minimum atomic E-state index is -4.53. The largest absolute Gasteiger partial charge is 0.441 e. The second kappa shape index (κ2) is 3.96. The van der Waals surface area contributed by atoms with Crippen molar-refractivity contribution >= 4 is 5.71 Å². The first-order chi connectivity index (χ1) is 5.38. The first kappa shape index (κ1) is 10.8. The van der Waals surface area contributed by atoms with Crippen LogP contribution in [0.2, 0.25) is 0 Å². The molecule has 1 nitrogen and oxygen atoms in total. The molecule has 0 radical (unpaired) electrons. The molecule has 66 valence electrons. The second-order valence-corrected chi connectivity index (χ2v) is 2.33. The van der Waals surface area contributed by atoms with Crippen molar-refractivity contribution in [2.24, 2.45) is 4.99 Å². The van der Waals surface area contributed by atoms with Gasteiger partial charge in [-0.25, -0.2) is 4.99 Å². The van der Waals surface area contributed by atoms with Gasteiger partial charge in [0.05, 0.1) is 0 Å². The summed E-state index contributed by atoms with van der Waals surface area (Å²) in [4.78, 5) is 3.11. The maximum atomic E-state index is 11.9. The highest BCUT2D eigenvalue weighted by Crippen LogP contribution is 2.17. The van der Waals surface area contributed by atoms with Crippen LogP contribution in [0.3, 0.4) is 0 Å². The van der Waals surface area contributed by atoms with Crippen molar-refractivity contribution in [3.05, 3.63) is 11.8 Å². The predicted molar refractivity (Wildman–Crippen MR) is 41.8 cm³/mol. The van der Waals surface area contributed by atoms with Crippen molar-refractivity contribution in [1.82, 2.24) is 0 Å². The molecular weight excluding hydrogens is 167 g/mol. The van der Waals surface area contributed by atoms with Gasteiger partial charge in [0.1, 0.15) is 0 Å². The summed E-state index contributed by atoms with van der Waals surface area (Å²) in [5.74, 6) is 1.48. The maximum absolute atomic E-state index is 11.9. The molecule has 0 aliphatic rings. The van der Waals surface area contributed by atoms with Crippen LogP contribution in [0, 0.1) is 12.3 Å². The normalized spacial score (nSPS) is 12.2. The molecule has 0 atom stereocenters. The molecule has 4 heteroatoms. The third-order valence-electron chi connectivity index (χ3n) is 0.857. The van der Waals surface area contributed by atoms with Crippen LogP contribution in [0.1, 0.15) is 13.8 Å². The Morgan fingerprint density at radius 1 is 1.42 bits per heavy atom. The van der Waals surface area contributed by atoms with Crippen LogP contribution in [0.4, 0.5) is 13.2 Å². The van der Waals surface area contributed by atoms with Gasteiger partial charge in [-0.1, -0.05) is 5.57 Å². The average Bonchev–Trinajstić information content (AvgIpc) is 1.85. The fraction of sp³-hybridized carbons (Fsp3) is 0.375. The zero-order valence-electron chi connectivity index (χ0n) is 6.74. The number of alkyl halides is 3. The van der Waals surface area contributed by atoms with Gasteiger partial charge in [-0.2, -0.15) is 13.2 Å². The standard InChI is InChI=1S/C8H8F3N/c1-4-7(8(9,10)11)12-5-6(2)3/h1,5H,2-3H3/b12-7+. The van der Waals surface area contributed by atoms with Crippen molar-refractivity contribution in [2.45, 2.75) is 20.0 Å². The van der Waals surface area contributed by atoms with E-state index in [0.29, 0.717) is 5.57 Å². The first-order valence-electron chi connectivity index (χ1n) is 3.13. The van der Waals surface area contributed by atoms with E-state index < -0.39 is 11.9 Å². The Hall–Kier alpha value is -1.24. The van der Waals surface area contributed by atoms with Crippen LogP contribution in [0.25, 0.3) is 0 Å². The maximum Gasteiger partial charge on any atom is 0.441 e. The fourth-order valence-corrected chi connectivity index (χ4v) is 0.386. The van der Waals surface area contributed by atoms with Crippen molar-refractivity contribution in [3.63, 3.8) is 0 Å². The Kier molecular flexibility index (Phi) is 3.55. The monoisotopic (exact) mass is 175 g/mol. The van der Waals surface area contributed by atoms with Gasteiger partial charge in [-0.3, -0.25) is 0 Å². The van der Waals surface area contributed by atoms with Gasteiger partial charge in [0, 0.05) is 6.20 Å². The van der Waals surface area contributed by atoms with Gasteiger partial charge in [0.15, 0.2) is 5.71 Å². The molecule has 0 aromatic heterocycles. The number of rotatable bonds is 1. The van der Waals surface area contributed by atoms with E-state index in [9.17, 15) is 13.2 Å². The van der Waals surface area contributed by atoms with E-state index in [-0.39, 0.29) is 0 Å². The number of aliphatic imine (C=N–C) groups is 1. The summed E-state index contributed by atoms with van der Waals surface area (Å²) in [6, 6.07) is 0. The number of hydrogen-bond donors (Lipinski definition) is 0. The highest BCUT2D eigenvalue weighted by Gasteiger charge is 2.34. The third-order valence-corrected chi connectivity index (χ3v) is 0.857. The van der Waals surface area contributed by atoms with Crippen LogP contribution >= 0.6 is 0 Å². The molecule has 0 aromatic rings. The molecule has 0 N–H and O–H groups in total. The Labute approximate surface area is 69.0 Å². The third kappa shape index (κ3) is 3.81. The van der Waals surface area contributed by atoms with Gasteiger partial charge in [0.2, 0.25) is 0 Å². The van der Waals surface area contributed by atoms with E-state index in [4.69, 9.17) is 0 Å². The quantitative estimate of drug-likeness (QED) is 0.429. The summed E-state index contributed by atoms with van der Waals surface area (Å²) in [7, 11) is 0. The van der Waals surface area contributed by atoms with Crippen molar-refractivity contribution in [3.8, 4) is 12.3 Å². The molecule has 0 fully saturated rings. The van der Waals surface area contributed by atoms with Crippen molar-refractivity contribution < 1.29 is 13.2 Å². The van der Waals surface area contributed by atoms with Gasteiger partial charge >= 0.3 is 6.18 Å². The van der Waals surface area contributed by atoms with Crippen LogP contribution in [-0.2, 0) is 0 Å². The van der Waals surface area contributed by atoms with Crippen LogP contribution in [-0.4, -0.2) is 11.9 Å². The minimum Gasteiger partial charge on any atom is -0.243 e. The average molecular weight is 175 g/mol. The molecule has 0 aliphatic heterocycles. The van der Waals surface area contributed by atoms with E-state index in [1.54, 1.807) is 13.8 Å². The molecule has 0 bridgehead atoms. The van der Waals surface area contributed by atoms with Crippen LogP contribution in [0.15, 0.2) is 16.8 Å². The molecular formula is C8H8F3N. The summed E-state index contributed by atoms with van der Waals surface area (Å²) in [5.41, 5.74) is -0.546. The van der Waals surface area contributed by atoms with Crippen molar-refractivity contribution in [2.75, 3.05) is 0 Å². The van der Waals surface area contributed by atoms with E-state index in [1.807, 2.05) is 0 Å². The highest BCUT2D eigenvalue weighted by molar-refractivity contribution is 6.04. The molecule has 0 saturated heterocycles. The Morgan fingerprint density at radius 2 is 1.92 bits per heavy atom. The summed E-state index contributed by atoms with van der Waals surface area (Å²) in [6.07, 6.45) is 1.17. The van der Waals surface area contributed by atoms with Gasteiger partial charge in [-0.15, -0.1) is 6.42 Å². The number of hydrogen-bond acceptors (Lipinski definition) is 1. The molecule has 0 aromatic carbocycles. The van der Waals surface area contributed by atoms with E-state index >= 15 is 0 Å². The number of allylic oxidation sites excluding steroid dienone is 1. The topological polar surface area (TPSA) is 12.4 Å². The lowest BCUT2D eigenvalue weighted by Gasteiger charge is -2.01. The Morgan fingerprint density at radius 3 is 2.17 bits per heavy atom. The summed E-state index contributed by atoms with van der Waals surface area (Å²) in [5, 5.41) is 0. The summed E-state index contributed by atoms with van der Waals surface area (Å²) < 4.78 is 35.6. The first-order valence-corrected chi connectivity index (χ1v) is 3.13. The lowest BCUT2D eigenvalue weighted by Crippen LogP contribution is -2.20. The smallest absolute Gasteiger partial charge is 0.243 e.